The molecule has 0 aliphatic rings. The van der Waals surface area contributed by atoms with E-state index in [-0.39, 0.29) is 18.2 Å². The molecular formula is C18H15BrN4O4. The van der Waals surface area contributed by atoms with Gasteiger partial charge in [0, 0.05) is 22.7 Å². The third-order valence-electron chi connectivity index (χ3n) is 3.68. The Kier molecular flexibility index (Phi) is 5.82. The number of non-ortho nitro benzene ring substituents is 1. The Morgan fingerprint density at radius 3 is 2.63 bits per heavy atom. The molecule has 8 nitrogen and oxygen atoms in total. The molecule has 1 aromatic heterocycles. The van der Waals surface area contributed by atoms with Crippen molar-refractivity contribution in [2.75, 3.05) is 11.9 Å². The summed E-state index contributed by atoms with van der Waals surface area (Å²) in [6, 6.07) is 15.0. The molecule has 0 saturated carbocycles. The molecule has 0 saturated heterocycles. The lowest BCUT2D eigenvalue weighted by atomic mass is 10.2. The Balaban J connectivity index is 1.58. The number of nitrogens with zero attached hydrogens (tertiary/aromatic N) is 3. The summed E-state index contributed by atoms with van der Waals surface area (Å²) in [5.74, 6) is 0.558. The number of ether oxygens (including phenoxy) is 1. The first-order chi connectivity index (χ1) is 13.0. The summed E-state index contributed by atoms with van der Waals surface area (Å²) in [7, 11) is 0. The van der Waals surface area contributed by atoms with Crippen LogP contribution < -0.4 is 10.1 Å². The Bertz CT molecular complexity index is 956. The van der Waals surface area contributed by atoms with Crippen LogP contribution in [0.25, 0.3) is 0 Å². The predicted octanol–water partition coefficient (Wildman–Crippen LogP) is 3.62. The molecule has 0 bridgehead atoms. The molecule has 0 unspecified atom stereocenters. The van der Waals surface area contributed by atoms with Gasteiger partial charge >= 0.3 is 0 Å². The van der Waals surface area contributed by atoms with Gasteiger partial charge in [-0.15, -0.1) is 0 Å². The van der Waals surface area contributed by atoms with Gasteiger partial charge in [0.15, 0.2) is 6.61 Å². The van der Waals surface area contributed by atoms with Gasteiger partial charge in [0.05, 0.1) is 17.7 Å². The molecule has 0 fully saturated rings. The van der Waals surface area contributed by atoms with E-state index in [4.69, 9.17) is 4.74 Å². The summed E-state index contributed by atoms with van der Waals surface area (Å²) >= 11 is 3.49. The number of halogens is 1. The number of nitro benzene ring substituents is 1. The maximum absolute atomic E-state index is 12.1. The fourth-order valence-corrected chi connectivity index (χ4v) is 2.75. The van der Waals surface area contributed by atoms with Crippen molar-refractivity contribution in [3.63, 3.8) is 0 Å². The summed E-state index contributed by atoms with van der Waals surface area (Å²) in [6.07, 6.45) is 1.60. The van der Waals surface area contributed by atoms with Gasteiger partial charge in [-0.1, -0.05) is 34.1 Å². The fourth-order valence-electron chi connectivity index (χ4n) is 2.34. The molecule has 1 amide bonds. The molecule has 0 radical (unpaired) electrons. The highest BCUT2D eigenvalue weighted by molar-refractivity contribution is 9.10. The maximum atomic E-state index is 12.1. The number of rotatable bonds is 7. The van der Waals surface area contributed by atoms with Crippen molar-refractivity contribution < 1.29 is 14.5 Å². The first-order valence-corrected chi connectivity index (χ1v) is 8.74. The van der Waals surface area contributed by atoms with E-state index in [2.05, 4.69) is 26.3 Å². The number of nitrogens with one attached hydrogen (secondary N) is 1. The number of amides is 1. The Morgan fingerprint density at radius 2 is 1.93 bits per heavy atom. The van der Waals surface area contributed by atoms with Crippen molar-refractivity contribution in [2.24, 2.45) is 0 Å². The molecule has 27 heavy (non-hydrogen) atoms. The topological polar surface area (TPSA) is 99.3 Å². The number of nitro groups is 1. The second kappa shape index (κ2) is 8.45. The van der Waals surface area contributed by atoms with Gasteiger partial charge in [-0.25, -0.2) is 4.68 Å². The van der Waals surface area contributed by atoms with Crippen LogP contribution in [0, 0.1) is 10.1 Å². The lowest BCUT2D eigenvalue weighted by molar-refractivity contribution is -0.384. The first kappa shape index (κ1) is 18.6. The average Bonchev–Trinajstić information content (AvgIpc) is 3.09. The SMILES string of the molecule is O=C(COc1ccc([N+](=O)[O-])cc1)Nc1ccnn1Cc1ccccc1Br. The number of benzene rings is 2. The molecule has 2 aromatic carbocycles. The first-order valence-electron chi connectivity index (χ1n) is 7.95. The van der Waals surface area contributed by atoms with Gasteiger partial charge in [-0.05, 0) is 23.8 Å². The van der Waals surface area contributed by atoms with E-state index in [9.17, 15) is 14.9 Å². The van der Waals surface area contributed by atoms with E-state index in [0.29, 0.717) is 18.1 Å². The van der Waals surface area contributed by atoms with Crippen LogP contribution in [-0.4, -0.2) is 27.2 Å². The second-order valence-corrected chi connectivity index (χ2v) is 6.41. The molecule has 0 atom stereocenters. The van der Waals surface area contributed by atoms with E-state index in [1.54, 1.807) is 16.9 Å². The molecular weight excluding hydrogens is 416 g/mol. The van der Waals surface area contributed by atoms with Crippen molar-refractivity contribution in [2.45, 2.75) is 6.54 Å². The van der Waals surface area contributed by atoms with Gasteiger partial charge < -0.3 is 10.1 Å². The minimum atomic E-state index is -0.497. The maximum Gasteiger partial charge on any atom is 0.269 e. The summed E-state index contributed by atoms with van der Waals surface area (Å²) < 4.78 is 7.98. The van der Waals surface area contributed by atoms with Gasteiger partial charge in [0.25, 0.3) is 11.6 Å². The molecule has 1 N–H and O–H groups in total. The van der Waals surface area contributed by atoms with Crippen LogP contribution in [-0.2, 0) is 11.3 Å². The van der Waals surface area contributed by atoms with Crippen LogP contribution in [0.4, 0.5) is 11.5 Å². The smallest absolute Gasteiger partial charge is 0.269 e. The van der Waals surface area contributed by atoms with Crippen LogP contribution in [0.2, 0.25) is 0 Å². The number of hydrogen-bond donors (Lipinski definition) is 1. The lowest BCUT2D eigenvalue weighted by Crippen LogP contribution is -2.22. The number of anilines is 1. The van der Waals surface area contributed by atoms with Crippen LogP contribution in [0.5, 0.6) is 5.75 Å². The molecule has 3 rings (SSSR count). The van der Waals surface area contributed by atoms with Gasteiger partial charge in [0.1, 0.15) is 11.6 Å². The number of aromatic nitrogens is 2. The minimum absolute atomic E-state index is 0.0391. The zero-order valence-electron chi connectivity index (χ0n) is 14.0. The Morgan fingerprint density at radius 1 is 1.19 bits per heavy atom. The lowest BCUT2D eigenvalue weighted by Gasteiger charge is -2.11. The van der Waals surface area contributed by atoms with Crippen LogP contribution in [0.3, 0.4) is 0 Å². The van der Waals surface area contributed by atoms with Gasteiger partial charge in [-0.3, -0.25) is 14.9 Å². The quantitative estimate of drug-likeness (QED) is 0.455. The van der Waals surface area contributed by atoms with Crippen LogP contribution in [0.15, 0.2) is 65.3 Å². The summed E-state index contributed by atoms with van der Waals surface area (Å²) in [5.41, 5.74) is 0.988. The van der Waals surface area contributed by atoms with Crippen molar-refractivity contribution >= 4 is 33.3 Å². The van der Waals surface area contributed by atoms with Gasteiger partial charge in [0.2, 0.25) is 0 Å². The molecule has 0 aliphatic heterocycles. The molecule has 0 aliphatic carbocycles. The molecule has 0 spiro atoms. The summed E-state index contributed by atoms with van der Waals surface area (Å²) in [5, 5.41) is 17.6. The van der Waals surface area contributed by atoms with Crippen molar-refractivity contribution in [3.05, 3.63) is 80.9 Å². The second-order valence-electron chi connectivity index (χ2n) is 5.55. The Hall–Kier alpha value is -3.20. The highest BCUT2D eigenvalue weighted by atomic mass is 79.9. The predicted molar refractivity (Wildman–Crippen MR) is 103 cm³/mol. The van der Waals surface area contributed by atoms with Crippen molar-refractivity contribution in [1.29, 1.82) is 0 Å². The zero-order chi connectivity index (χ0) is 19.2. The molecule has 3 aromatic rings. The summed E-state index contributed by atoms with van der Waals surface area (Å²) in [4.78, 5) is 22.3. The van der Waals surface area contributed by atoms with E-state index in [1.165, 1.54) is 24.3 Å². The van der Waals surface area contributed by atoms with E-state index < -0.39 is 4.92 Å². The zero-order valence-corrected chi connectivity index (χ0v) is 15.6. The normalized spacial score (nSPS) is 10.4. The van der Waals surface area contributed by atoms with Crippen LogP contribution in [0.1, 0.15) is 5.56 Å². The highest BCUT2D eigenvalue weighted by Gasteiger charge is 2.10. The van der Waals surface area contributed by atoms with E-state index in [1.807, 2.05) is 24.3 Å². The van der Waals surface area contributed by atoms with Gasteiger partial charge in [-0.2, -0.15) is 5.10 Å². The molecule has 9 heteroatoms. The molecule has 1 heterocycles. The fraction of sp³-hybridized carbons (Fsp3) is 0.111. The van der Waals surface area contributed by atoms with Crippen molar-refractivity contribution in [1.82, 2.24) is 9.78 Å². The monoisotopic (exact) mass is 430 g/mol. The average molecular weight is 431 g/mol. The van der Waals surface area contributed by atoms with Crippen molar-refractivity contribution in [3.8, 4) is 5.75 Å². The standard InChI is InChI=1S/C18H15BrN4O4/c19-16-4-2-1-3-13(16)11-22-17(9-10-20-22)21-18(24)12-27-15-7-5-14(6-8-15)23(25)26/h1-10H,11-12H2,(H,21,24). The number of carbonyl (C=O) groups is 1. The number of hydrogen-bond acceptors (Lipinski definition) is 5. The van der Waals surface area contributed by atoms with Crippen LogP contribution >= 0.6 is 15.9 Å². The van der Waals surface area contributed by atoms with E-state index in [0.717, 1.165) is 10.0 Å². The largest absolute Gasteiger partial charge is 0.484 e. The Labute approximate surface area is 163 Å². The number of carbonyl (C=O) groups excluding carboxylic acids is 1. The molecule has 138 valence electrons. The van der Waals surface area contributed by atoms with E-state index >= 15 is 0 Å². The third-order valence-corrected chi connectivity index (χ3v) is 4.45. The minimum Gasteiger partial charge on any atom is -0.484 e. The highest BCUT2D eigenvalue weighted by Crippen LogP contribution is 2.19. The summed E-state index contributed by atoms with van der Waals surface area (Å²) in [6.45, 7) is 0.269. The third kappa shape index (κ3) is 4.91.